The molecule has 1 rings (SSSR count). The van der Waals surface area contributed by atoms with E-state index in [4.69, 9.17) is 0 Å². The van der Waals surface area contributed by atoms with Crippen LogP contribution in [0, 0.1) is 0 Å². The summed E-state index contributed by atoms with van der Waals surface area (Å²) >= 11 is 0.956. The van der Waals surface area contributed by atoms with Gasteiger partial charge in [-0.15, -0.1) is 0 Å². The molecule has 1 heterocycles. The second-order valence-electron chi connectivity index (χ2n) is 1.80. The summed E-state index contributed by atoms with van der Waals surface area (Å²) in [6.07, 6.45) is 1.97. The Hall–Kier alpha value is 0.771. The first kappa shape index (κ1) is 11.8. The molecule has 6 heteroatoms. The Balaban J connectivity index is 0.000000218. The Morgan fingerprint density at radius 3 is 2.18 bits per heavy atom. The maximum absolute atomic E-state index is 9.67. The van der Waals surface area contributed by atoms with Gasteiger partial charge in [-0.25, -0.2) is 0 Å². The summed E-state index contributed by atoms with van der Waals surface area (Å²) in [5.41, 5.74) is 1.39. The van der Waals surface area contributed by atoms with Crippen LogP contribution in [0.25, 0.3) is 0 Å². The summed E-state index contributed by atoms with van der Waals surface area (Å²) in [4.78, 5) is 3.13. The molecule has 0 saturated heterocycles. The Labute approximate surface area is 97.6 Å². The van der Waals surface area contributed by atoms with Crippen molar-refractivity contribution in [3.63, 3.8) is 0 Å². The van der Waals surface area contributed by atoms with Gasteiger partial charge in [-0.2, -0.15) is 0 Å². The van der Waals surface area contributed by atoms with E-state index >= 15 is 0 Å². The molecule has 0 radical (unpaired) electrons. The van der Waals surface area contributed by atoms with E-state index in [1.807, 2.05) is 12.3 Å². The van der Waals surface area contributed by atoms with Crippen molar-refractivity contribution < 1.29 is 12.9 Å². The van der Waals surface area contributed by atoms with Crippen molar-refractivity contribution in [2.45, 2.75) is 0.515 Å². The number of H-pyrrole nitrogens is 1. The Morgan fingerprint density at radius 1 is 1.45 bits per heavy atom. The molecule has 1 N–H and O–H groups in total. The summed E-state index contributed by atoms with van der Waals surface area (Å²) in [5.74, 6) is 0. The van der Waals surface area contributed by atoms with E-state index in [2.05, 4.69) is 11.1 Å². The molecule has 0 aliphatic rings. The van der Waals surface area contributed by atoms with Gasteiger partial charge in [-0.3, -0.25) is 12.9 Å². The molecule has 0 bridgehead atoms. The molecule has 0 unspecified atom stereocenters. The first-order valence-electron chi connectivity index (χ1n) is 3.21. The molecule has 0 fully saturated rings. The average Bonchev–Trinajstić information content (AvgIpc) is 2.36. The van der Waals surface area contributed by atoms with Crippen LogP contribution in [0.2, 0.25) is 0 Å². The molecular weight excluding hydrogens is 181 g/mol. The summed E-state index contributed by atoms with van der Waals surface area (Å²) in [6.45, 7) is 0. The van der Waals surface area contributed by atoms with E-state index in [0.717, 1.165) is 49.0 Å². The minimum atomic E-state index is -3.67. The third-order valence-electron chi connectivity index (χ3n) is 1.04. The van der Waals surface area contributed by atoms with Crippen LogP contribution in [-0.2, 0) is 0.515 Å². The van der Waals surface area contributed by atoms with Crippen molar-refractivity contribution in [2.24, 2.45) is 0 Å². The zero-order chi connectivity index (χ0) is 8.69. The zero-order valence-electron chi connectivity index (χ0n) is 6.15. The molecule has 1 aromatic rings. The molecule has 0 spiro atoms. The molecular formula is C5H6BF3KN. The predicted molar refractivity (Wildman–Crippen MR) is 39.3 cm³/mol. The van der Waals surface area contributed by atoms with Gasteiger partial charge in [0.25, 0.3) is 0 Å². The van der Waals surface area contributed by atoms with Crippen LogP contribution in [0.4, 0.5) is 12.9 Å². The summed E-state index contributed by atoms with van der Waals surface area (Å²) in [6, 6.07) is 4.17. The van der Waals surface area contributed by atoms with Crippen molar-refractivity contribution in [1.82, 2.24) is 4.98 Å². The molecule has 0 amide bonds. The van der Waals surface area contributed by atoms with E-state index in [-0.39, 0.29) is 0 Å². The van der Waals surface area contributed by atoms with Crippen molar-refractivity contribution in [2.75, 3.05) is 0 Å². The molecule has 0 saturated carbocycles. The van der Waals surface area contributed by atoms with Gasteiger partial charge in [0.05, 0.1) is 0 Å². The number of rotatable bonds is 1. The third-order valence-corrected chi connectivity index (χ3v) is 2.23. The number of hydrogen-bond acceptors (Lipinski definition) is 0. The van der Waals surface area contributed by atoms with Crippen molar-refractivity contribution in [1.29, 1.82) is 0 Å². The molecule has 0 aromatic carbocycles. The third kappa shape index (κ3) is 8.68. The van der Waals surface area contributed by atoms with E-state index < -0.39 is 7.54 Å². The van der Waals surface area contributed by atoms with Crippen molar-refractivity contribution in [3.05, 3.63) is 24.0 Å². The Bertz CT molecular complexity index is 165. The van der Waals surface area contributed by atoms with Crippen LogP contribution >= 0.6 is 0 Å². The van der Waals surface area contributed by atoms with E-state index in [1.54, 1.807) is 0 Å². The number of hydrogen-bond donors (Lipinski definition) is 1. The van der Waals surface area contributed by atoms with Crippen molar-refractivity contribution >= 4 is 56.5 Å². The summed E-state index contributed by atoms with van der Waals surface area (Å²) < 4.78 is 30.3. The average molecular weight is 187 g/mol. The molecule has 0 aliphatic carbocycles. The van der Waals surface area contributed by atoms with Gasteiger partial charge in [-0.1, -0.05) is 0 Å². The second-order valence-corrected chi connectivity index (χ2v) is 2.90. The van der Waals surface area contributed by atoms with Gasteiger partial charge in [-0.05, 0) is 0 Å². The molecule has 56 valence electrons. The monoisotopic (exact) mass is 187 g/mol. The van der Waals surface area contributed by atoms with Gasteiger partial charge in [0.2, 0.25) is 0 Å². The second kappa shape index (κ2) is 7.42. The van der Waals surface area contributed by atoms with Crippen molar-refractivity contribution in [3.8, 4) is 0 Å². The predicted octanol–water partition coefficient (Wildman–Crippen LogP) is 1.56. The number of aromatic nitrogens is 1. The molecule has 1 nitrogen and oxygen atoms in total. The first-order valence-corrected chi connectivity index (χ1v) is 5.42. The normalized spacial score (nSPS) is 8.45. The number of nitrogens with one attached hydrogen (secondary N) is 1. The quantitative estimate of drug-likeness (QED) is 0.642. The van der Waals surface area contributed by atoms with Gasteiger partial charge in [0.15, 0.2) is 0 Å². The van der Waals surface area contributed by atoms with Crippen LogP contribution in [0.3, 0.4) is 0 Å². The number of aromatic amines is 1. The fraction of sp³-hybridized carbons (Fsp3) is 0.200. The standard InChI is InChI=1S/C5H6N.BF3.K/c1-5-3-2-4-6-5;2-1(3)4;/h2-4,6H,1H2;;. The Morgan fingerprint density at radius 2 is 2.00 bits per heavy atom. The van der Waals surface area contributed by atoms with Gasteiger partial charge in [0, 0.05) is 0 Å². The zero-order valence-corrected chi connectivity index (χ0v) is 9.27. The molecule has 0 atom stereocenters. The topological polar surface area (TPSA) is 15.8 Å². The van der Waals surface area contributed by atoms with Crippen LogP contribution < -0.4 is 0 Å². The van der Waals surface area contributed by atoms with E-state index in [0.29, 0.717) is 0 Å². The van der Waals surface area contributed by atoms with Gasteiger partial charge >= 0.3 is 86.0 Å². The first-order chi connectivity index (χ1) is 5.16. The van der Waals surface area contributed by atoms with Crippen LogP contribution in [0.5, 0.6) is 0 Å². The summed E-state index contributed by atoms with van der Waals surface area (Å²) in [7, 11) is -3.67. The van der Waals surface area contributed by atoms with Crippen LogP contribution in [-0.4, -0.2) is 61.5 Å². The SMILES string of the molecule is FB(F)F.[K][CH2]c1ccc[nH]1. The molecule has 0 aliphatic heterocycles. The minimum absolute atomic E-state index is 0.956. The van der Waals surface area contributed by atoms with Gasteiger partial charge in [0.1, 0.15) is 0 Å². The Kier molecular flexibility index (Phi) is 7.94. The van der Waals surface area contributed by atoms with Crippen LogP contribution in [0.15, 0.2) is 18.3 Å². The molecule has 1 aromatic heterocycles. The van der Waals surface area contributed by atoms with Crippen LogP contribution in [0.1, 0.15) is 5.69 Å². The maximum atomic E-state index is 9.67. The summed E-state index contributed by atoms with van der Waals surface area (Å²) in [5, 5.41) is 0. The number of halogens is 3. The van der Waals surface area contributed by atoms with E-state index in [1.165, 1.54) is 6.21 Å². The fourth-order valence-corrected chi connectivity index (χ4v) is 1.27. The molecule has 11 heavy (non-hydrogen) atoms. The van der Waals surface area contributed by atoms with Gasteiger partial charge < -0.3 is 0 Å². The fourth-order valence-electron chi connectivity index (χ4n) is 0.587. The van der Waals surface area contributed by atoms with E-state index in [9.17, 15) is 12.9 Å².